The number of fused-ring (bicyclic) bond motifs is 2. The van der Waals surface area contributed by atoms with Crippen LogP contribution < -0.4 is 0 Å². The Labute approximate surface area is 119 Å². The van der Waals surface area contributed by atoms with Gasteiger partial charge in [0.25, 0.3) is 0 Å². The van der Waals surface area contributed by atoms with Gasteiger partial charge in [0.05, 0.1) is 5.56 Å². The topological polar surface area (TPSA) is 74.6 Å². The van der Waals surface area contributed by atoms with Crippen LogP contribution in [0.1, 0.15) is 31.8 Å². The van der Waals surface area contributed by atoms with Gasteiger partial charge in [0.15, 0.2) is 23.1 Å². The van der Waals surface area contributed by atoms with E-state index in [2.05, 4.69) is 0 Å². The molecule has 5 heteroatoms. The normalized spacial score (nSPS) is 12.4. The number of carbonyl (C=O) groups excluding carboxylic acids is 2. The van der Waals surface area contributed by atoms with E-state index in [9.17, 15) is 19.8 Å². The molecule has 1 aliphatic carbocycles. The van der Waals surface area contributed by atoms with Gasteiger partial charge >= 0.3 is 0 Å². The molecule has 2 aromatic carbocycles. The number of phenols is 2. The molecule has 0 fully saturated rings. The zero-order chi connectivity index (χ0) is 12.9. The summed E-state index contributed by atoms with van der Waals surface area (Å²) in [4.78, 5) is 24.4. The van der Waals surface area contributed by atoms with Gasteiger partial charge in [-0.1, -0.05) is 24.3 Å². The summed E-state index contributed by atoms with van der Waals surface area (Å²) in [7, 11) is 0. The molecule has 0 atom stereocenters. The maximum absolute atomic E-state index is 12.2. The molecule has 0 heterocycles. The molecule has 19 heavy (non-hydrogen) atoms. The number of hydrogen-bond donors (Lipinski definition) is 2. The van der Waals surface area contributed by atoms with Crippen molar-refractivity contribution in [2.45, 2.75) is 0 Å². The number of phenolic OH excluding ortho intramolecular Hbond substituents is 2. The van der Waals surface area contributed by atoms with Crippen molar-refractivity contribution in [2.75, 3.05) is 0 Å². The van der Waals surface area contributed by atoms with Crippen LogP contribution in [-0.2, 0) is 17.1 Å². The number of aromatic hydroxyl groups is 2. The number of rotatable bonds is 0. The SMILES string of the molecule is O=C1c2ccccc2C(=O)c2c1ccc(O)c2O.[Cu]. The number of carbonyl (C=O) groups is 2. The maximum Gasteiger partial charge on any atom is 0.198 e. The first-order valence-corrected chi connectivity index (χ1v) is 5.34. The van der Waals surface area contributed by atoms with E-state index >= 15 is 0 Å². The van der Waals surface area contributed by atoms with Crippen LogP contribution in [0.2, 0.25) is 0 Å². The van der Waals surface area contributed by atoms with Gasteiger partial charge in [-0.2, -0.15) is 0 Å². The monoisotopic (exact) mass is 303 g/mol. The van der Waals surface area contributed by atoms with E-state index in [1.165, 1.54) is 18.2 Å². The van der Waals surface area contributed by atoms with Crippen LogP contribution in [0.25, 0.3) is 0 Å². The Morgan fingerprint density at radius 3 is 1.95 bits per heavy atom. The second-order valence-corrected chi connectivity index (χ2v) is 4.06. The Morgan fingerprint density at radius 1 is 0.737 bits per heavy atom. The molecule has 3 rings (SSSR count). The fourth-order valence-electron chi connectivity index (χ4n) is 2.16. The third-order valence-corrected chi connectivity index (χ3v) is 3.04. The fraction of sp³-hybridized carbons (Fsp3) is 0. The van der Waals surface area contributed by atoms with E-state index in [0.717, 1.165) is 0 Å². The second-order valence-electron chi connectivity index (χ2n) is 4.06. The molecule has 0 amide bonds. The summed E-state index contributed by atoms with van der Waals surface area (Å²) in [6.07, 6.45) is 0. The van der Waals surface area contributed by atoms with Crippen LogP contribution in [0.15, 0.2) is 36.4 Å². The quantitative estimate of drug-likeness (QED) is 0.491. The van der Waals surface area contributed by atoms with Crippen molar-refractivity contribution in [1.29, 1.82) is 0 Å². The molecular weight excluding hydrogens is 296 g/mol. The smallest absolute Gasteiger partial charge is 0.198 e. The molecule has 2 N–H and O–H groups in total. The summed E-state index contributed by atoms with van der Waals surface area (Å²) in [5, 5.41) is 19.1. The molecule has 1 radical (unpaired) electrons. The zero-order valence-corrected chi connectivity index (χ0v) is 10.4. The van der Waals surface area contributed by atoms with Gasteiger partial charge in [0.1, 0.15) is 0 Å². The average molecular weight is 304 g/mol. The summed E-state index contributed by atoms with van der Waals surface area (Å²) < 4.78 is 0. The number of benzene rings is 2. The van der Waals surface area contributed by atoms with Gasteiger partial charge in [0.2, 0.25) is 0 Å². The van der Waals surface area contributed by atoms with Gasteiger partial charge in [-0.05, 0) is 12.1 Å². The van der Waals surface area contributed by atoms with Crippen LogP contribution in [-0.4, -0.2) is 21.8 Å². The molecule has 1 aliphatic rings. The van der Waals surface area contributed by atoms with E-state index in [4.69, 9.17) is 0 Å². The van der Waals surface area contributed by atoms with Gasteiger partial charge in [0, 0.05) is 33.8 Å². The van der Waals surface area contributed by atoms with Gasteiger partial charge < -0.3 is 10.2 Å². The van der Waals surface area contributed by atoms with E-state index in [-0.39, 0.29) is 39.5 Å². The van der Waals surface area contributed by atoms with Crippen molar-refractivity contribution in [3.05, 3.63) is 58.7 Å². The van der Waals surface area contributed by atoms with E-state index in [0.29, 0.717) is 5.56 Å². The van der Waals surface area contributed by atoms with E-state index in [1.807, 2.05) is 0 Å². The zero-order valence-electron chi connectivity index (χ0n) is 9.48. The van der Waals surface area contributed by atoms with Crippen LogP contribution >= 0.6 is 0 Å². The minimum Gasteiger partial charge on any atom is -0.504 e. The molecule has 0 unspecified atom stereocenters. The van der Waals surface area contributed by atoms with Crippen molar-refractivity contribution >= 4 is 11.6 Å². The third-order valence-electron chi connectivity index (χ3n) is 3.04. The molecule has 0 saturated heterocycles. The summed E-state index contributed by atoms with van der Waals surface area (Å²) in [5.41, 5.74) is 0.559. The number of hydrogen-bond acceptors (Lipinski definition) is 4. The maximum atomic E-state index is 12.2. The third kappa shape index (κ3) is 1.75. The Morgan fingerprint density at radius 2 is 1.32 bits per heavy atom. The van der Waals surface area contributed by atoms with Crippen LogP contribution in [0.5, 0.6) is 11.5 Å². The van der Waals surface area contributed by atoms with E-state index in [1.54, 1.807) is 18.2 Å². The van der Waals surface area contributed by atoms with Crippen molar-refractivity contribution in [2.24, 2.45) is 0 Å². The minimum absolute atomic E-state index is 0. The molecular formula is C14H8CuO4. The first-order valence-electron chi connectivity index (χ1n) is 5.34. The largest absolute Gasteiger partial charge is 0.504 e. The second kappa shape index (κ2) is 4.53. The Hall–Kier alpha value is -2.10. The predicted octanol–water partition coefficient (Wildman–Crippen LogP) is 1.87. The average Bonchev–Trinajstić information content (AvgIpc) is 2.39. The first-order chi connectivity index (χ1) is 8.61. The summed E-state index contributed by atoms with van der Waals surface area (Å²) >= 11 is 0. The van der Waals surface area contributed by atoms with Crippen molar-refractivity contribution in [1.82, 2.24) is 0 Å². The molecule has 0 aliphatic heterocycles. The Balaban J connectivity index is 0.00000133. The van der Waals surface area contributed by atoms with Crippen molar-refractivity contribution in [3.63, 3.8) is 0 Å². The summed E-state index contributed by atoms with van der Waals surface area (Å²) in [6.45, 7) is 0. The van der Waals surface area contributed by atoms with Gasteiger partial charge in [-0.25, -0.2) is 0 Å². The summed E-state index contributed by atoms with van der Waals surface area (Å²) in [6, 6.07) is 8.97. The minimum atomic E-state index is -0.541. The standard InChI is InChI=1S/C14H8O4.Cu/c15-10-6-5-9-11(14(10)18)13(17)8-4-2-1-3-7(8)12(9)16;/h1-6,15,18H;. The van der Waals surface area contributed by atoms with Crippen molar-refractivity contribution < 1.29 is 36.9 Å². The molecule has 4 nitrogen and oxygen atoms in total. The van der Waals surface area contributed by atoms with Crippen LogP contribution in [0.4, 0.5) is 0 Å². The predicted molar refractivity (Wildman–Crippen MR) is 63.1 cm³/mol. The van der Waals surface area contributed by atoms with E-state index < -0.39 is 17.3 Å². The van der Waals surface area contributed by atoms with Crippen LogP contribution in [0, 0.1) is 0 Å². The Bertz CT molecular complexity index is 707. The molecule has 0 bridgehead atoms. The van der Waals surface area contributed by atoms with Gasteiger partial charge in [-0.3, -0.25) is 9.59 Å². The molecule has 0 saturated carbocycles. The Kier molecular flexibility index (Phi) is 3.18. The number of ketones is 2. The van der Waals surface area contributed by atoms with Gasteiger partial charge in [-0.15, -0.1) is 0 Å². The molecule has 0 aromatic heterocycles. The molecule has 99 valence electrons. The van der Waals surface area contributed by atoms with Crippen molar-refractivity contribution in [3.8, 4) is 11.5 Å². The summed E-state index contributed by atoms with van der Waals surface area (Å²) in [5.74, 6) is -1.72. The molecule has 0 spiro atoms. The fourth-order valence-corrected chi connectivity index (χ4v) is 2.16. The van der Waals surface area contributed by atoms with Crippen LogP contribution in [0.3, 0.4) is 0 Å². The molecule has 2 aromatic rings. The first kappa shape index (κ1) is 13.3.